The lowest BCUT2D eigenvalue weighted by atomic mass is 10.2. The van der Waals surface area contributed by atoms with Crippen LogP contribution >= 0.6 is 0 Å². The summed E-state index contributed by atoms with van der Waals surface area (Å²) in [5.41, 5.74) is 0.327. The second-order valence-corrected chi connectivity index (χ2v) is 9.30. The van der Waals surface area contributed by atoms with Gasteiger partial charge in [0, 0.05) is 38.3 Å². The summed E-state index contributed by atoms with van der Waals surface area (Å²) in [5, 5.41) is 2.89. The summed E-state index contributed by atoms with van der Waals surface area (Å²) in [7, 11) is -2.25. The van der Waals surface area contributed by atoms with Crippen molar-refractivity contribution in [1.82, 2.24) is 14.5 Å². The van der Waals surface area contributed by atoms with Crippen LogP contribution in [0.2, 0.25) is 0 Å². The van der Waals surface area contributed by atoms with E-state index < -0.39 is 10.0 Å². The Kier molecular flexibility index (Phi) is 7.88. The Balaban J connectivity index is 1.63. The molecule has 2 saturated heterocycles. The highest BCUT2D eigenvalue weighted by Gasteiger charge is 2.29. The third kappa shape index (κ3) is 5.69. The van der Waals surface area contributed by atoms with Gasteiger partial charge in [0.15, 0.2) is 0 Å². The maximum Gasteiger partial charge on any atom is 0.251 e. The molecule has 1 N–H and O–H groups in total. The van der Waals surface area contributed by atoms with Crippen molar-refractivity contribution in [3.8, 4) is 5.75 Å². The van der Waals surface area contributed by atoms with Gasteiger partial charge in [-0.05, 0) is 44.0 Å². The van der Waals surface area contributed by atoms with Gasteiger partial charge >= 0.3 is 0 Å². The molecule has 2 aliphatic rings. The van der Waals surface area contributed by atoms with E-state index >= 15 is 0 Å². The van der Waals surface area contributed by atoms with E-state index in [1.54, 1.807) is 12.1 Å². The van der Waals surface area contributed by atoms with Crippen LogP contribution in [-0.2, 0) is 14.8 Å². The van der Waals surface area contributed by atoms with Crippen molar-refractivity contribution in [2.45, 2.75) is 30.6 Å². The second kappa shape index (κ2) is 10.4. The Morgan fingerprint density at radius 1 is 1.14 bits per heavy atom. The van der Waals surface area contributed by atoms with Crippen molar-refractivity contribution in [3.05, 3.63) is 23.8 Å². The fourth-order valence-electron chi connectivity index (χ4n) is 3.70. The zero-order valence-corrected chi connectivity index (χ0v) is 17.9. The molecule has 0 spiro atoms. The Bertz CT molecular complexity index is 787. The number of hydrogen-bond donors (Lipinski definition) is 1. The topological polar surface area (TPSA) is 88.2 Å². The van der Waals surface area contributed by atoms with E-state index in [4.69, 9.17) is 9.47 Å². The number of piperidine rings is 1. The number of sulfonamides is 1. The average Bonchev–Trinajstić information content (AvgIpc) is 2.77. The maximum absolute atomic E-state index is 13.1. The smallest absolute Gasteiger partial charge is 0.251 e. The molecule has 0 aromatic heterocycles. The number of carbonyl (C=O) groups excluding carboxylic acids is 1. The van der Waals surface area contributed by atoms with Gasteiger partial charge in [-0.2, -0.15) is 4.31 Å². The number of morpholine rings is 1. The van der Waals surface area contributed by atoms with Crippen LogP contribution in [-0.4, -0.2) is 83.1 Å². The van der Waals surface area contributed by atoms with Crippen LogP contribution in [0.3, 0.4) is 0 Å². The first-order chi connectivity index (χ1) is 14.0. The van der Waals surface area contributed by atoms with Gasteiger partial charge in [-0.1, -0.05) is 6.42 Å². The van der Waals surface area contributed by atoms with Crippen molar-refractivity contribution >= 4 is 15.9 Å². The van der Waals surface area contributed by atoms with E-state index in [0.717, 1.165) is 58.5 Å². The lowest BCUT2D eigenvalue weighted by molar-refractivity contribution is 0.0374. The summed E-state index contributed by atoms with van der Waals surface area (Å²) >= 11 is 0. The minimum Gasteiger partial charge on any atom is -0.495 e. The summed E-state index contributed by atoms with van der Waals surface area (Å²) < 4.78 is 38.2. The zero-order chi connectivity index (χ0) is 20.7. The molecule has 162 valence electrons. The molecule has 29 heavy (non-hydrogen) atoms. The van der Waals surface area contributed by atoms with Crippen LogP contribution in [0.1, 0.15) is 36.0 Å². The minimum atomic E-state index is -3.69. The molecule has 2 fully saturated rings. The number of hydrogen-bond acceptors (Lipinski definition) is 6. The third-order valence-corrected chi connectivity index (χ3v) is 7.32. The standard InChI is InChI=1S/C20H31N3O5S/c1-27-18-7-6-17(16-19(18)29(25,26)23-10-3-2-4-11-23)20(24)21-8-5-9-22-12-14-28-15-13-22/h6-7,16H,2-5,8-15H2,1H3,(H,21,24). The largest absolute Gasteiger partial charge is 0.495 e. The van der Waals surface area contributed by atoms with Gasteiger partial charge in [-0.3, -0.25) is 9.69 Å². The highest BCUT2D eigenvalue weighted by molar-refractivity contribution is 7.89. The molecule has 0 atom stereocenters. The number of nitrogens with zero attached hydrogens (tertiary/aromatic N) is 2. The van der Waals surface area contributed by atoms with Crippen molar-refractivity contribution in [1.29, 1.82) is 0 Å². The van der Waals surface area contributed by atoms with E-state index in [0.29, 0.717) is 25.2 Å². The van der Waals surface area contributed by atoms with Gasteiger partial charge in [-0.15, -0.1) is 0 Å². The van der Waals surface area contributed by atoms with Gasteiger partial charge < -0.3 is 14.8 Å². The van der Waals surface area contributed by atoms with Crippen molar-refractivity contribution in [2.75, 3.05) is 59.6 Å². The number of amides is 1. The van der Waals surface area contributed by atoms with E-state index in [1.807, 2.05) is 0 Å². The first kappa shape index (κ1) is 22.0. The lowest BCUT2D eigenvalue weighted by Gasteiger charge is -2.27. The summed E-state index contributed by atoms with van der Waals surface area (Å²) in [4.78, 5) is 14.9. The average molecular weight is 426 g/mol. The molecule has 0 aliphatic carbocycles. The molecule has 0 bridgehead atoms. The fraction of sp³-hybridized carbons (Fsp3) is 0.650. The highest BCUT2D eigenvalue weighted by Crippen LogP contribution is 2.29. The molecule has 1 amide bonds. The van der Waals surface area contributed by atoms with Gasteiger partial charge in [0.25, 0.3) is 5.91 Å². The normalized spacial score (nSPS) is 19.1. The second-order valence-electron chi connectivity index (χ2n) is 7.39. The molecular weight excluding hydrogens is 394 g/mol. The Morgan fingerprint density at radius 2 is 1.86 bits per heavy atom. The molecule has 1 aromatic carbocycles. The van der Waals surface area contributed by atoms with Crippen LogP contribution in [0.5, 0.6) is 5.75 Å². The quantitative estimate of drug-likeness (QED) is 0.632. The van der Waals surface area contributed by atoms with Gasteiger partial charge in [0.05, 0.1) is 20.3 Å². The zero-order valence-electron chi connectivity index (χ0n) is 17.1. The summed E-state index contributed by atoms with van der Waals surface area (Å²) in [6, 6.07) is 4.59. The van der Waals surface area contributed by atoms with E-state index in [2.05, 4.69) is 10.2 Å². The van der Waals surface area contributed by atoms with E-state index in [1.165, 1.54) is 17.5 Å². The molecule has 1 aromatic rings. The third-order valence-electron chi connectivity index (χ3n) is 5.40. The SMILES string of the molecule is COc1ccc(C(=O)NCCCN2CCOCC2)cc1S(=O)(=O)N1CCCCC1. The van der Waals surface area contributed by atoms with E-state index in [-0.39, 0.29) is 16.6 Å². The molecule has 3 rings (SSSR count). The molecule has 0 radical (unpaired) electrons. The Labute approximate surface area is 173 Å². The monoisotopic (exact) mass is 425 g/mol. The fourth-order valence-corrected chi connectivity index (χ4v) is 5.39. The first-order valence-corrected chi connectivity index (χ1v) is 11.7. The molecular formula is C20H31N3O5S. The molecule has 8 nitrogen and oxygen atoms in total. The number of nitrogens with one attached hydrogen (secondary N) is 1. The first-order valence-electron chi connectivity index (χ1n) is 10.3. The Morgan fingerprint density at radius 3 is 2.55 bits per heavy atom. The summed E-state index contributed by atoms with van der Waals surface area (Å²) in [6.07, 6.45) is 3.58. The summed E-state index contributed by atoms with van der Waals surface area (Å²) in [6.45, 7) is 5.80. The van der Waals surface area contributed by atoms with Crippen LogP contribution in [0.15, 0.2) is 23.1 Å². The number of benzene rings is 1. The lowest BCUT2D eigenvalue weighted by Crippen LogP contribution is -2.38. The van der Waals surface area contributed by atoms with E-state index in [9.17, 15) is 13.2 Å². The number of carbonyl (C=O) groups is 1. The molecule has 0 saturated carbocycles. The Hall–Kier alpha value is -1.68. The number of ether oxygens (including phenoxy) is 2. The van der Waals surface area contributed by atoms with Gasteiger partial charge in [0.1, 0.15) is 10.6 Å². The number of rotatable bonds is 8. The van der Waals surface area contributed by atoms with Gasteiger partial charge in [0.2, 0.25) is 10.0 Å². The molecule has 9 heteroatoms. The maximum atomic E-state index is 13.1. The number of methoxy groups -OCH3 is 1. The summed E-state index contributed by atoms with van der Waals surface area (Å²) in [5.74, 6) is -0.0100. The predicted molar refractivity (Wildman–Crippen MR) is 110 cm³/mol. The molecule has 2 heterocycles. The van der Waals surface area contributed by atoms with Gasteiger partial charge in [-0.25, -0.2) is 8.42 Å². The van der Waals surface area contributed by atoms with Crippen molar-refractivity contribution in [3.63, 3.8) is 0 Å². The van der Waals surface area contributed by atoms with Crippen LogP contribution in [0, 0.1) is 0 Å². The van der Waals surface area contributed by atoms with Crippen molar-refractivity contribution < 1.29 is 22.7 Å². The van der Waals surface area contributed by atoms with Crippen LogP contribution in [0.4, 0.5) is 0 Å². The van der Waals surface area contributed by atoms with Crippen LogP contribution in [0.25, 0.3) is 0 Å². The molecule has 2 aliphatic heterocycles. The predicted octanol–water partition coefficient (Wildman–Crippen LogP) is 1.32. The van der Waals surface area contributed by atoms with Crippen molar-refractivity contribution in [2.24, 2.45) is 0 Å². The minimum absolute atomic E-state index is 0.0582. The van der Waals surface area contributed by atoms with Crippen LogP contribution < -0.4 is 10.1 Å². The molecule has 0 unspecified atom stereocenters. The highest BCUT2D eigenvalue weighted by atomic mass is 32.2.